The van der Waals surface area contributed by atoms with Gasteiger partial charge < -0.3 is 14.2 Å². The Bertz CT molecular complexity index is 1500. The number of carbonyl (C=O) groups excluding carboxylic acids is 3. The fourth-order valence-electron chi connectivity index (χ4n) is 4.33. The van der Waals surface area contributed by atoms with Crippen LogP contribution in [0.2, 0.25) is 0 Å². The lowest BCUT2D eigenvalue weighted by Gasteiger charge is -2.18. The van der Waals surface area contributed by atoms with E-state index in [-0.39, 0.29) is 18.2 Å². The third-order valence-electron chi connectivity index (χ3n) is 6.14. The van der Waals surface area contributed by atoms with Gasteiger partial charge in [-0.3, -0.25) is 14.4 Å². The van der Waals surface area contributed by atoms with Crippen molar-refractivity contribution < 1.29 is 28.6 Å². The Kier molecular flexibility index (Phi) is 6.51. The molecule has 0 bridgehead atoms. The van der Waals surface area contributed by atoms with Gasteiger partial charge >= 0.3 is 0 Å². The topological polar surface area (TPSA) is 110 Å². The highest BCUT2D eigenvalue weighted by Crippen LogP contribution is 2.38. The smallest absolute Gasteiger partial charge is 0.203 e. The van der Waals surface area contributed by atoms with Crippen LogP contribution >= 0.6 is 0 Å². The number of aldehydes is 1. The van der Waals surface area contributed by atoms with Crippen LogP contribution < -0.4 is 14.2 Å². The van der Waals surface area contributed by atoms with Crippen LogP contribution in [0.3, 0.4) is 0 Å². The minimum absolute atomic E-state index is 0.145. The van der Waals surface area contributed by atoms with E-state index >= 15 is 0 Å². The third kappa shape index (κ3) is 4.58. The van der Waals surface area contributed by atoms with Gasteiger partial charge in [0, 0.05) is 40.4 Å². The Morgan fingerprint density at radius 2 is 1.51 bits per heavy atom. The number of nitrogens with zero attached hydrogens (tertiary/aromatic N) is 3. The molecule has 0 saturated carbocycles. The van der Waals surface area contributed by atoms with E-state index in [2.05, 4.69) is 10.3 Å². The van der Waals surface area contributed by atoms with E-state index < -0.39 is 0 Å². The van der Waals surface area contributed by atoms with Gasteiger partial charge in [-0.25, -0.2) is 4.68 Å². The standard InChI is InChI=1S/C28H23N3O6/c1-35-24-12-18(16-32)13-25(36-2)28(24)37-10-9-19-15-31(30-29-19)14-17-7-8-22-23(11-17)27(34)21-6-4-3-5-20(21)26(22)33/h3-8,11-13,15-16H,9-10,14H2,1-2H3. The van der Waals surface area contributed by atoms with Crippen molar-refractivity contribution in [2.75, 3.05) is 20.8 Å². The van der Waals surface area contributed by atoms with Gasteiger partial charge in [0.25, 0.3) is 0 Å². The molecule has 1 aliphatic carbocycles. The number of hydrogen-bond acceptors (Lipinski definition) is 8. The number of ether oxygens (including phenoxy) is 3. The summed E-state index contributed by atoms with van der Waals surface area (Å²) in [6.07, 6.45) is 2.98. The van der Waals surface area contributed by atoms with Gasteiger partial charge in [-0.05, 0) is 29.8 Å². The van der Waals surface area contributed by atoms with Gasteiger partial charge in [0.2, 0.25) is 5.75 Å². The molecule has 37 heavy (non-hydrogen) atoms. The summed E-state index contributed by atoms with van der Waals surface area (Å²) in [6.45, 7) is 0.666. The molecule has 1 aromatic heterocycles. The van der Waals surface area contributed by atoms with Crippen molar-refractivity contribution in [3.63, 3.8) is 0 Å². The van der Waals surface area contributed by atoms with Crippen LogP contribution in [0, 0.1) is 0 Å². The van der Waals surface area contributed by atoms with Gasteiger partial charge in [-0.1, -0.05) is 35.5 Å². The summed E-state index contributed by atoms with van der Waals surface area (Å²) in [7, 11) is 2.98. The van der Waals surface area contributed by atoms with Crippen molar-refractivity contribution in [1.82, 2.24) is 15.0 Å². The second-order valence-electron chi connectivity index (χ2n) is 8.46. The molecule has 1 aliphatic rings. The number of rotatable bonds is 9. The van der Waals surface area contributed by atoms with Crippen LogP contribution in [0.25, 0.3) is 0 Å². The lowest BCUT2D eigenvalue weighted by molar-refractivity contribution is 0.0979. The molecule has 9 heteroatoms. The quantitative estimate of drug-likeness (QED) is 0.285. The molecule has 5 rings (SSSR count). The van der Waals surface area contributed by atoms with E-state index in [1.807, 2.05) is 6.07 Å². The van der Waals surface area contributed by atoms with Crippen molar-refractivity contribution in [1.29, 1.82) is 0 Å². The normalized spacial score (nSPS) is 12.1. The van der Waals surface area contributed by atoms with Crippen LogP contribution in [0.15, 0.2) is 60.8 Å². The van der Waals surface area contributed by atoms with E-state index in [1.54, 1.807) is 59.4 Å². The molecule has 0 spiro atoms. The zero-order valence-electron chi connectivity index (χ0n) is 20.3. The van der Waals surface area contributed by atoms with Crippen LogP contribution in [0.5, 0.6) is 17.2 Å². The second kappa shape index (κ2) is 10.1. The van der Waals surface area contributed by atoms with Crippen molar-refractivity contribution in [2.45, 2.75) is 13.0 Å². The highest BCUT2D eigenvalue weighted by molar-refractivity contribution is 6.28. The molecule has 0 radical (unpaired) electrons. The molecule has 0 atom stereocenters. The highest BCUT2D eigenvalue weighted by atomic mass is 16.5. The summed E-state index contributed by atoms with van der Waals surface area (Å²) in [5.41, 5.74) is 3.63. The zero-order valence-corrected chi connectivity index (χ0v) is 20.3. The van der Waals surface area contributed by atoms with Crippen LogP contribution in [0.1, 0.15) is 53.5 Å². The number of methoxy groups -OCH3 is 2. The Hall–Kier alpha value is -4.79. The average molecular weight is 498 g/mol. The lowest BCUT2D eigenvalue weighted by atomic mass is 9.83. The van der Waals surface area contributed by atoms with Crippen LogP contribution in [0.4, 0.5) is 0 Å². The fourth-order valence-corrected chi connectivity index (χ4v) is 4.33. The summed E-state index contributed by atoms with van der Waals surface area (Å²) in [4.78, 5) is 36.9. The largest absolute Gasteiger partial charge is 0.493 e. The van der Waals surface area contributed by atoms with E-state index in [4.69, 9.17) is 14.2 Å². The molecule has 0 amide bonds. The monoisotopic (exact) mass is 497 g/mol. The first-order chi connectivity index (χ1) is 18.0. The summed E-state index contributed by atoms with van der Waals surface area (Å²) in [5, 5.41) is 8.38. The Labute approximate surface area is 212 Å². The summed E-state index contributed by atoms with van der Waals surface area (Å²) in [5.74, 6) is 0.892. The Balaban J connectivity index is 1.26. The summed E-state index contributed by atoms with van der Waals surface area (Å²) in [6, 6.07) is 15.3. The molecular weight excluding hydrogens is 474 g/mol. The zero-order chi connectivity index (χ0) is 25.9. The predicted octanol–water partition coefficient (Wildman–Crippen LogP) is 3.55. The SMILES string of the molecule is COc1cc(C=O)cc(OC)c1OCCc1cn(Cc2ccc3c(c2)C(=O)c2ccccc2C3=O)nn1. The maximum atomic E-state index is 13.0. The molecule has 1 heterocycles. The summed E-state index contributed by atoms with van der Waals surface area (Å²) < 4.78 is 18.2. The van der Waals surface area contributed by atoms with E-state index in [0.717, 1.165) is 5.56 Å². The molecule has 0 unspecified atom stereocenters. The van der Waals surface area contributed by atoms with Gasteiger partial charge in [0.15, 0.2) is 23.1 Å². The minimum Gasteiger partial charge on any atom is -0.493 e. The molecule has 0 fully saturated rings. The molecule has 0 saturated heterocycles. The number of fused-ring (bicyclic) bond motifs is 2. The first-order valence-electron chi connectivity index (χ1n) is 11.6. The Morgan fingerprint density at radius 3 is 2.16 bits per heavy atom. The first-order valence-corrected chi connectivity index (χ1v) is 11.6. The lowest BCUT2D eigenvalue weighted by Crippen LogP contribution is -2.21. The molecular formula is C28H23N3O6. The van der Waals surface area contributed by atoms with Gasteiger partial charge in [-0.15, -0.1) is 5.10 Å². The van der Waals surface area contributed by atoms with Crippen molar-refractivity contribution in [3.05, 3.63) is 99.9 Å². The molecule has 3 aromatic carbocycles. The third-order valence-corrected chi connectivity index (χ3v) is 6.14. The Morgan fingerprint density at radius 1 is 0.865 bits per heavy atom. The van der Waals surface area contributed by atoms with Gasteiger partial charge in [-0.2, -0.15) is 0 Å². The van der Waals surface area contributed by atoms with E-state index in [9.17, 15) is 14.4 Å². The summed E-state index contributed by atoms with van der Waals surface area (Å²) >= 11 is 0. The number of carbonyl (C=O) groups is 3. The van der Waals surface area contributed by atoms with Crippen molar-refractivity contribution in [3.8, 4) is 17.2 Å². The molecule has 9 nitrogen and oxygen atoms in total. The molecule has 0 N–H and O–H groups in total. The van der Waals surface area contributed by atoms with Crippen LogP contribution in [-0.4, -0.2) is 53.7 Å². The minimum atomic E-state index is -0.157. The predicted molar refractivity (Wildman–Crippen MR) is 133 cm³/mol. The molecule has 186 valence electrons. The van der Waals surface area contributed by atoms with E-state index in [1.165, 1.54) is 14.2 Å². The fraction of sp³-hybridized carbons (Fsp3) is 0.179. The van der Waals surface area contributed by atoms with Crippen molar-refractivity contribution >= 4 is 17.9 Å². The molecule has 4 aromatic rings. The molecule has 0 aliphatic heterocycles. The second-order valence-corrected chi connectivity index (χ2v) is 8.46. The average Bonchev–Trinajstić information content (AvgIpc) is 3.38. The van der Waals surface area contributed by atoms with Gasteiger partial charge in [0.1, 0.15) is 6.29 Å². The van der Waals surface area contributed by atoms with Crippen LogP contribution in [-0.2, 0) is 13.0 Å². The maximum absolute atomic E-state index is 13.0. The highest BCUT2D eigenvalue weighted by Gasteiger charge is 2.29. The number of benzene rings is 3. The van der Waals surface area contributed by atoms with Crippen molar-refractivity contribution in [2.24, 2.45) is 0 Å². The number of aromatic nitrogens is 3. The maximum Gasteiger partial charge on any atom is 0.203 e. The first kappa shape index (κ1) is 23.9. The number of hydrogen-bond donors (Lipinski definition) is 0. The van der Waals surface area contributed by atoms with E-state index in [0.29, 0.717) is 70.0 Å². The van der Waals surface area contributed by atoms with Gasteiger partial charge in [0.05, 0.1) is 33.1 Å². The number of ketones is 2.